The Kier molecular flexibility index (Phi) is 5.56. The van der Waals surface area contributed by atoms with Gasteiger partial charge in [0.05, 0.1) is 0 Å². The predicted octanol–water partition coefficient (Wildman–Crippen LogP) is 4.67. The van der Waals surface area contributed by atoms with E-state index in [2.05, 4.69) is 10.6 Å². The van der Waals surface area contributed by atoms with E-state index in [1.54, 1.807) is 24.3 Å². The van der Waals surface area contributed by atoms with E-state index in [9.17, 15) is 9.59 Å². The predicted molar refractivity (Wildman–Crippen MR) is 91.2 cm³/mol. The second-order valence-electron chi connectivity index (χ2n) is 6.45. The molecule has 2 amide bonds. The molecule has 2 aliphatic rings. The van der Waals surface area contributed by atoms with Crippen molar-refractivity contribution >= 4 is 23.6 Å². The van der Waals surface area contributed by atoms with E-state index in [0.29, 0.717) is 11.4 Å². The zero-order valence-corrected chi connectivity index (χ0v) is 13.8. The molecule has 0 spiro atoms. The van der Waals surface area contributed by atoms with Crippen molar-refractivity contribution in [1.29, 1.82) is 0 Å². The van der Waals surface area contributed by atoms with Crippen LogP contribution in [0.4, 0.5) is 21.0 Å². The highest BCUT2D eigenvalue weighted by molar-refractivity contribution is 5.87. The molecular weight excluding hydrogens is 308 g/mol. The Bertz CT molecular complexity index is 510. The summed E-state index contributed by atoms with van der Waals surface area (Å²) < 4.78 is 10.7. The van der Waals surface area contributed by atoms with Crippen molar-refractivity contribution in [2.45, 2.75) is 63.6 Å². The Balaban J connectivity index is 1.44. The molecule has 2 fully saturated rings. The van der Waals surface area contributed by atoms with Crippen LogP contribution >= 0.6 is 0 Å². The Morgan fingerprint density at radius 2 is 1.04 bits per heavy atom. The first-order chi connectivity index (χ1) is 11.7. The van der Waals surface area contributed by atoms with Gasteiger partial charge < -0.3 is 9.47 Å². The molecule has 1 aromatic rings. The standard InChI is InChI=1S/C18H24N2O4/c21-17(23-15-5-1-2-6-15)19-13-9-11-14(12-10-13)20-18(22)24-16-7-3-4-8-16/h9-12,15-16H,1-8H2,(H,19,21)(H,20,22). The van der Waals surface area contributed by atoms with Gasteiger partial charge in [0.15, 0.2) is 0 Å². The normalized spacial score (nSPS) is 18.3. The van der Waals surface area contributed by atoms with Crippen molar-refractivity contribution in [3.8, 4) is 0 Å². The average Bonchev–Trinajstić information content (AvgIpc) is 3.23. The summed E-state index contributed by atoms with van der Waals surface area (Å²) in [7, 11) is 0. The van der Waals surface area contributed by atoms with Gasteiger partial charge >= 0.3 is 12.2 Å². The number of rotatable bonds is 4. The molecule has 6 heteroatoms. The smallest absolute Gasteiger partial charge is 0.411 e. The zero-order valence-electron chi connectivity index (χ0n) is 13.8. The van der Waals surface area contributed by atoms with Crippen LogP contribution in [-0.2, 0) is 9.47 Å². The third kappa shape index (κ3) is 4.88. The van der Waals surface area contributed by atoms with E-state index >= 15 is 0 Å². The van der Waals surface area contributed by atoms with Gasteiger partial charge in [0.2, 0.25) is 0 Å². The van der Waals surface area contributed by atoms with E-state index < -0.39 is 12.2 Å². The Hall–Kier alpha value is -2.24. The SMILES string of the molecule is O=C(Nc1ccc(NC(=O)OC2CCCC2)cc1)OC1CCCC1. The first-order valence-electron chi connectivity index (χ1n) is 8.74. The van der Waals surface area contributed by atoms with Crippen molar-refractivity contribution in [3.63, 3.8) is 0 Å². The fourth-order valence-electron chi connectivity index (χ4n) is 3.25. The average molecular weight is 332 g/mol. The monoisotopic (exact) mass is 332 g/mol. The fraction of sp³-hybridized carbons (Fsp3) is 0.556. The lowest BCUT2D eigenvalue weighted by Crippen LogP contribution is -2.20. The van der Waals surface area contributed by atoms with Gasteiger partial charge in [-0.3, -0.25) is 10.6 Å². The summed E-state index contributed by atoms with van der Waals surface area (Å²) in [5, 5.41) is 5.41. The lowest BCUT2D eigenvalue weighted by atomic mass is 10.3. The number of hydrogen-bond acceptors (Lipinski definition) is 4. The molecule has 0 heterocycles. The number of nitrogens with one attached hydrogen (secondary N) is 2. The maximum atomic E-state index is 11.8. The van der Waals surface area contributed by atoms with Crippen molar-refractivity contribution in [3.05, 3.63) is 24.3 Å². The third-order valence-electron chi connectivity index (χ3n) is 4.53. The molecular formula is C18H24N2O4. The molecule has 2 N–H and O–H groups in total. The fourth-order valence-corrected chi connectivity index (χ4v) is 3.25. The summed E-state index contributed by atoms with van der Waals surface area (Å²) >= 11 is 0. The van der Waals surface area contributed by atoms with Gasteiger partial charge in [0, 0.05) is 11.4 Å². The number of carbonyl (C=O) groups excluding carboxylic acids is 2. The van der Waals surface area contributed by atoms with Crippen LogP contribution in [0.2, 0.25) is 0 Å². The first kappa shape index (κ1) is 16.6. The molecule has 0 aromatic heterocycles. The molecule has 0 atom stereocenters. The topological polar surface area (TPSA) is 76.7 Å². The van der Waals surface area contributed by atoms with Gasteiger partial charge in [-0.1, -0.05) is 0 Å². The summed E-state index contributed by atoms with van der Waals surface area (Å²) in [5.41, 5.74) is 1.26. The number of anilines is 2. The number of amides is 2. The second kappa shape index (κ2) is 8.04. The summed E-state index contributed by atoms with van der Waals surface area (Å²) in [5.74, 6) is 0. The summed E-state index contributed by atoms with van der Waals surface area (Å²) in [6.07, 6.45) is 7.48. The molecule has 130 valence electrons. The van der Waals surface area contributed by atoms with Crippen LogP contribution < -0.4 is 10.6 Å². The molecule has 0 bridgehead atoms. The Morgan fingerprint density at radius 1 is 0.708 bits per heavy atom. The minimum atomic E-state index is -0.428. The highest BCUT2D eigenvalue weighted by Gasteiger charge is 2.20. The maximum absolute atomic E-state index is 11.8. The first-order valence-corrected chi connectivity index (χ1v) is 8.74. The van der Waals surface area contributed by atoms with Gasteiger partial charge in [0.25, 0.3) is 0 Å². The zero-order chi connectivity index (χ0) is 16.8. The van der Waals surface area contributed by atoms with E-state index in [4.69, 9.17) is 9.47 Å². The van der Waals surface area contributed by atoms with Crippen LogP contribution in [0.15, 0.2) is 24.3 Å². The van der Waals surface area contributed by atoms with Crippen LogP contribution in [-0.4, -0.2) is 24.4 Å². The third-order valence-corrected chi connectivity index (χ3v) is 4.53. The van der Waals surface area contributed by atoms with Gasteiger partial charge in [-0.05, 0) is 75.6 Å². The molecule has 2 aliphatic carbocycles. The lowest BCUT2D eigenvalue weighted by Gasteiger charge is -2.13. The molecule has 3 rings (SSSR count). The Labute approximate surface area is 141 Å². The van der Waals surface area contributed by atoms with E-state index in [1.165, 1.54) is 0 Å². The van der Waals surface area contributed by atoms with Crippen molar-refractivity contribution in [2.24, 2.45) is 0 Å². The molecule has 6 nitrogen and oxygen atoms in total. The van der Waals surface area contributed by atoms with E-state index in [0.717, 1.165) is 51.4 Å². The summed E-state index contributed by atoms with van der Waals surface area (Å²) in [6, 6.07) is 6.89. The minimum Gasteiger partial charge on any atom is -0.446 e. The van der Waals surface area contributed by atoms with Crippen LogP contribution in [0.5, 0.6) is 0 Å². The van der Waals surface area contributed by atoms with Gasteiger partial charge in [-0.2, -0.15) is 0 Å². The lowest BCUT2D eigenvalue weighted by molar-refractivity contribution is 0.113. The molecule has 0 aliphatic heterocycles. The van der Waals surface area contributed by atoms with Crippen LogP contribution in [0.1, 0.15) is 51.4 Å². The quantitative estimate of drug-likeness (QED) is 0.840. The van der Waals surface area contributed by atoms with Crippen molar-refractivity contribution in [1.82, 2.24) is 0 Å². The van der Waals surface area contributed by atoms with Gasteiger partial charge in [-0.25, -0.2) is 9.59 Å². The molecule has 0 unspecified atom stereocenters. The molecule has 24 heavy (non-hydrogen) atoms. The maximum Gasteiger partial charge on any atom is 0.411 e. The summed E-state index contributed by atoms with van der Waals surface area (Å²) in [4.78, 5) is 23.6. The van der Waals surface area contributed by atoms with Crippen molar-refractivity contribution < 1.29 is 19.1 Å². The number of carbonyl (C=O) groups is 2. The van der Waals surface area contributed by atoms with Crippen LogP contribution in [0, 0.1) is 0 Å². The molecule has 0 radical (unpaired) electrons. The van der Waals surface area contributed by atoms with Gasteiger partial charge in [0.1, 0.15) is 12.2 Å². The van der Waals surface area contributed by atoms with E-state index in [-0.39, 0.29) is 12.2 Å². The number of benzene rings is 1. The largest absolute Gasteiger partial charge is 0.446 e. The van der Waals surface area contributed by atoms with Crippen LogP contribution in [0.25, 0.3) is 0 Å². The minimum absolute atomic E-state index is 0.0382. The molecule has 2 saturated carbocycles. The highest BCUT2D eigenvalue weighted by atomic mass is 16.6. The second-order valence-corrected chi connectivity index (χ2v) is 6.45. The van der Waals surface area contributed by atoms with E-state index in [1.807, 2.05) is 0 Å². The summed E-state index contributed by atoms with van der Waals surface area (Å²) in [6.45, 7) is 0. The Morgan fingerprint density at radius 3 is 1.38 bits per heavy atom. The molecule has 1 aromatic carbocycles. The van der Waals surface area contributed by atoms with Crippen molar-refractivity contribution in [2.75, 3.05) is 10.6 Å². The molecule has 0 saturated heterocycles. The van der Waals surface area contributed by atoms with Crippen LogP contribution in [0.3, 0.4) is 0 Å². The number of hydrogen-bond donors (Lipinski definition) is 2. The van der Waals surface area contributed by atoms with Gasteiger partial charge in [-0.15, -0.1) is 0 Å². The number of ether oxygens (including phenoxy) is 2. The highest BCUT2D eigenvalue weighted by Crippen LogP contribution is 2.23.